The highest BCUT2D eigenvalue weighted by Gasteiger charge is 2.26. The number of hydrogen-bond acceptors (Lipinski definition) is 3. The van der Waals surface area contributed by atoms with Gasteiger partial charge in [-0.3, -0.25) is 0 Å². The summed E-state index contributed by atoms with van der Waals surface area (Å²) in [4.78, 5) is 1.37. The fourth-order valence-electron chi connectivity index (χ4n) is 2.18. The molecule has 0 spiro atoms. The largest absolute Gasteiger partial charge is 0.376 e. The van der Waals surface area contributed by atoms with Crippen LogP contribution in [0.15, 0.2) is 9.85 Å². The highest BCUT2D eigenvalue weighted by Crippen LogP contribution is 2.35. The van der Waals surface area contributed by atoms with E-state index in [0.29, 0.717) is 12.1 Å². The SMILES string of the molecule is CNC(c1cc(C)c(Br)s1)C1CCCCO1. The van der Waals surface area contributed by atoms with Gasteiger partial charge >= 0.3 is 0 Å². The van der Waals surface area contributed by atoms with E-state index in [1.165, 1.54) is 33.5 Å². The maximum Gasteiger partial charge on any atom is 0.0777 e. The number of halogens is 1. The minimum absolute atomic E-state index is 0.337. The Morgan fingerprint density at radius 3 is 2.88 bits per heavy atom. The summed E-state index contributed by atoms with van der Waals surface area (Å²) in [6.45, 7) is 3.05. The van der Waals surface area contributed by atoms with Gasteiger partial charge < -0.3 is 10.1 Å². The zero-order valence-electron chi connectivity index (χ0n) is 9.75. The molecule has 2 rings (SSSR count). The lowest BCUT2D eigenvalue weighted by Crippen LogP contribution is -2.33. The van der Waals surface area contributed by atoms with Crippen molar-refractivity contribution in [2.45, 2.75) is 38.3 Å². The van der Waals surface area contributed by atoms with Crippen molar-refractivity contribution in [1.29, 1.82) is 0 Å². The molecule has 1 aliphatic heterocycles. The molecule has 1 fully saturated rings. The Balaban J connectivity index is 2.14. The van der Waals surface area contributed by atoms with Crippen molar-refractivity contribution in [3.8, 4) is 0 Å². The predicted octanol–water partition coefficient (Wildman–Crippen LogP) is 3.65. The predicted molar refractivity (Wildman–Crippen MR) is 72.1 cm³/mol. The van der Waals surface area contributed by atoms with Crippen molar-refractivity contribution < 1.29 is 4.74 Å². The van der Waals surface area contributed by atoms with Crippen molar-refractivity contribution in [2.24, 2.45) is 0 Å². The molecule has 90 valence electrons. The van der Waals surface area contributed by atoms with Crippen LogP contribution >= 0.6 is 27.3 Å². The molecule has 1 N–H and O–H groups in total. The lowest BCUT2D eigenvalue weighted by Gasteiger charge is -2.29. The number of likely N-dealkylation sites (N-methyl/N-ethyl adjacent to an activating group) is 1. The Labute approximate surface area is 110 Å². The number of hydrogen-bond donors (Lipinski definition) is 1. The molecule has 2 atom stereocenters. The van der Waals surface area contributed by atoms with Crippen LogP contribution in [0.3, 0.4) is 0 Å². The van der Waals surface area contributed by atoms with Gasteiger partial charge in [0.1, 0.15) is 0 Å². The van der Waals surface area contributed by atoms with Crippen LogP contribution in [0, 0.1) is 6.92 Å². The van der Waals surface area contributed by atoms with Gasteiger partial charge in [0, 0.05) is 11.5 Å². The molecule has 0 aromatic carbocycles. The van der Waals surface area contributed by atoms with Gasteiger partial charge in [0.15, 0.2) is 0 Å². The van der Waals surface area contributed by atoms with Crippen LogP contribution < -0.4 is 5.32 Å². The Bertz CT molecular complexity index is 327. The minimum Gasteiger partial charge on any atom is -0.376 e. The molecule has 0 amide bonds. The van der Waals surface area contributed by atoms with Crippen molar-refractivity contribution in [3.05, 3.63) is 20.3 Å². The molecular formula is C12H18BrNOS. The second-order valence-corrected chi connectivity index (χ2v) is 6.68. The van der Waals surface area contributed by atoms with Gasteiger partial charge in [-0.25, -0.2) is 0 Å². The monoisotopic (exact) mass is 303 g/mol. The third kappa shape index (κ3) is 2.67. The van der Waals surface area contributed by atoms with E-state index in [-0.39, 0.29) is 0 Å². The van der Waals surface area contributed by atoms with E-state index in [1.807, 2.05) is 18.4 Å². The van der Waals surface area contributed by atoms with Gasteiger partial charge in [-0.05, 0) is 60.8 Å². The molecule has 1 aromatic heterocycles. The quantitative estimate of drug-likeness (QED) is 0.920. The molecule has 1 aromatic rings. The Morgan fingerprint density at radius 1 is 1.56 bits per heavy atom. The molecule has 2 unspecified atom stereocenters. The Morgan fingerprint density at radius 2 is 2.38 bits per heavy atom. The summed E-state index contributed by atoms with van der Waals surface area (Å²) in [5.41, 5.74) is 1.32. The van der Waals surface area contributed by atoms with Gasteiger partial charge in [-0.15, -0.1) is 11.3 Å². The van der Waals surface area contributed by atoms with Crippen molar-refractivity contribution in [2.75, 3.05) is 13.7 Å². The molecule has 1 saturated heterocycles. The third-order valence-electron chi connectivity index (χ3n) is 3.08. The van der Waals surface area contributed by atoms with E-state index >= 15 is 0 Å². The number of aryl methyl sites for hydroxylation is 1. The molecule has 0 saturated carbocycles. The first-order valence-electron chi connectivity index (χ1n) is 5.77. The molecular weight excluding hydrogens is 286 g/mol. The van der Waals surface area contributed by atoms with Crippen LogP contribution in [0.1, 0.15) is 35.7 Å². The van der Waals surface area contributed by atoms with Gasteiger partial charge in [-0.2, -0.15) is 0 Å². The smallest absolute Gasteiger partial charge is 0.0777 e. The third-order valence-corrected chi connectivity index (χ3v) is 5.30. The first-order valence-corrected chi connectivity index (χ1v) is 7.38. The van der Waals surface area contributed by atoms with Crippen LogP contribution in [0.5, 0.6) is 0 Å². The highest BCUT2D eigenvalue weighted by molar-refractivity contribution is 9.11. The molecule has 1 aliphatic rings. The van der Waals surface area contributed by atoms with E-state index in [4.69, 9.17) is 4.74 Å². The van der Waals surface area contributed by atoms with Gasteiger partial charge in [0.2, 0.25) is 0 Å². The molecule has 2 heterocycles. The van der Waals surface area contributed by atoms with Gasteiger partial charge in [-0.1, -0.05) is 0 Å². The fourth-order valence-corrected chi connectivity index (χ4v) is 3.91. The molecule has 4 heteroatoms. The van der Waals surface area contributed by atoms with E-state index in [9.17, 15) is 0 Å². The molecule has 0 bridgehead atoms. The maximum atomic E-state index is 5.86. The summed E-state index contributed by atoms with van der Waals surface area (Å²) in [5.74, 6) is 0. The molecule has 16 heavy (non-hydrogen) atoms. The lowest BCUT2D eigenvalue weighted by atomic mass is 10.0. The van der Waals surface area contributed by atoms with Crippen LogP contribution in [-0.4, -0.2) is 19.8 Å². The zero-order chi connectivity index (χ0) is 11.5. The first-order chi connectivity index (χ1) is 7.72. The Kier molecular flexibility index (Phi) is 4.41. The second kappa shape index (κ2) is 5.63. The molecule has 0 radical (unpaired) electrons. The Hall–Kier alpha value is 0.1000. The van der Waals surface area contributed by atoms with E-state index in [0.717, 1.165) is 6.61 Å². The van der Waals surface area contributed by atoms with Crippen LogP contribution in [0.25, 0.3) is 0 Å². The number of thiophene rings is 1. The zero-order valence-corrected chi connectivity index (χ0v) is 12.2. The minimum atomic E-state index is 0.337. The lowest BCUT2D eigenvalue weighted by molar-refractivity contribution is -0.00589. The molecule has 0 aliphatic carbocycles. The van der Waals surface area contributed by atoms with Crippen LogP contribution in [0.4, 0.5) is 0 Å². The van der Waals surface area contributed by atoms with Gasteiger partial charge in [0.05, 0.1) is 15.9 Å². The highest BCUT2D eigenvalue weighted by atomic mass is 79.9. The number of ether oxygens (including phenoxy) is 1. The van der Waals surface area contributed by atoms with E-state index in [1.54, 1.807) is 0 Å². The van der Waals surface area contributed by atoms with Crippen LogP contribution in [0.2, 0.25) is 0 Å². The number of nitrogens with one attached hydrogen (secondary N) is 1. The summed E-state index contributed by atoms with van der Waals surface area (Å²) in [6, 6.07) is 2.60. The van der Waals surface area contributed by atoms with E-state index in [2.05, 4.69) is 34.2 Å². The second-order valence-electron chi connectivity index (χ2n) is 4.28. The summed E-state index contributed by atoms with van der Waals surface area (Å²) < 4.78 is 7.10. The topological polar surface area (TPSA) is 21.3 Å². The van der Waals surface area contributed by atoms with Gasteiger partial charge in [0.25, 0.3) is 0 Å². The summed E-state index contributed by atoms with van der Waals surface area (Å²) in [5, 5.41) is 3.39. The summed E-state index contributed by atoms with van der Waals surface area (Å²) >= 11 is 5.40. The van der Waals surface area contributed by atoms with E-state index < -0.39 is 0 Å². The molecule has 2 nitrogen and oxygen atoms in total. The summed E-state index contributed by atoms with van der Waals surface area (Å²) in [6.07, 6.45) is 4.00. The summed E-state index contributed by atoms with van der Waals surface area (Å²) in [7, 11) is 2.02. The average Bonchev–Trinajstić information content (AvgIpc) is 2.61. The fraction of sp³-hybridized carbons (Fsp3) is 0.667. The first kappa shape index (κ1) is 12.6. The average molecular weight is 304 g/mol. The normalized spacial score (nSPS) is 23.3. The van der Waals surface area contributed by atoms with Crippen LogP contribution in [-0.2, 0) is 4.74 Å². The maximum absolute atomic E-state index is 5.86. The standard InChI is InChI=1S/C12H18BrNOS/c1-8-7-10(16-12(8)13)11(14-2)9-5-3-4-6-15-9/h7,9,11,14H,3-6H2,1-2H3. The number of rotatable bonds is 3. The van der Waals surface area contributed by atoms with Crippen molar-refractivity contribution >= 4 is 27.3 Å². The van der Waals surface area contributed by atoms with Crippen molar-refractivity contribution in [1.82, 2.24) is 5.32 Å². The van der Waals surface area contributed by atoms with Crippen molar-refractivity contribution in [3.63, 3.8) is 0 Å².